The molecule has 5 heteroatoms. The highest BCUT2D eigenvalue weighted by Gasteiger charge is 2.07. The minimum absolute atomic E-state index is 0.188. The lowest BCUT2D eigenvalue weighted by Crippen LogP contribution is -2.06. The van der Waals surface area contributed by atoms with Gasteiger partial charge in [-0.15, -0.1) is 0 Å². The lowest BCUT2D eigenvalue weighted by molar-refractivity contribution is 0.0593. The van der Waals surface area contributed by atoms with Gasteiger partial charge in [-0.2, -0.15) is 0 Å². The van der Waals surface area contributed by atoms with Crippen LogP contribution in [-0.4, -0.2) is 29.7 Å². The van der Waals surface area contributed by atoms with Crippen molar-refractivity contribution in [2.75, 3.05) is 13.7 Å². The van der Waals surface area contributed by atoms with E-state index in [1.807, 2.05) is 0 Å². The monoisotopic (exact) mass is 252 g/mol. The lowest BCUT2D eigenvalue weighted by atomic mass is 10.2. The summed E-state index contributed by atoms with van der Waals surface area (Å²) in [5.74, 6) is -0.0493. The highest BCUT2D eigenvalue weighted by atomic mass is 16.5. The highest BCUT2D eigenvalue weighted by Crippen LogP contribution is 2.07. The summed E-state index contributed by atoms with van der Waals surface area (Å²) < 4.78 is 9.96. The number of rotatable bonds is 8. The van der Waals surface area contributed by atoms with Crippen LogP contribution in [0.15, 0.2) is 12.4 Å². The average Bonchev–Trinajstić information content (AvgIpc) is 2.42. The summed E-state index contributed by atoms with van der Waals surface area (Å²) in [7, 11) is 1.31. The Balaban J connectivity index is 2.25. The highest BCUT2D eigenvalue weighted by molar-refractivity contribution is 5.86. The molecule has 0 atom stereocenters. The van der Waals surface area contributed by atoms with Crippen LogP contribution < -0.4 is 4.74 Å². The van der Waals surface area contributed by atoms with Crippen LogP contribution >= 0.6 is 0 Å². The quantitative estimate of drug-likeness (QED) is 0.525. The largest absolute Gasteiger partial charge is 0.477 e. The summed E-state index contributed by atoms with van der Waals surface area (Å²) in [5, 5.41) is 0. The predicted molar refractivity (Wildman–Crippen MR) is 67.6 cm³/mol. The molecule has 100 valence electrons. The summed E-state index contributed by atoms with van der Waals surface area (Å²) >= 11 is 0. The van der Waals surface area contributed by atoms with Crippen molar-refractivity contribution in [3.05, 3.63) is 18.1 Å². The van der Waals surface area contributed by atoms with Crippen molar-refractivity contribution < 1.29 is 14.3 Å². The first-order valence-electron chi connectivity index (χ1n) is 6.31. The number of carbonyl (C=O) groups is 1. The fraction of sp³-hybridized carbons (Fsp3) is 0.615. The summed E-state index contributed by atoms with van der Waals surface area (Å²) in [6, 6.07) is 0. The molecule has 0 saturated carbocycles. The average molecular weight is 252 g/mol. The van der Waals surface area contributed by atoms with Gasteiger partial charge in [-0.25, -0.2) is 14.8 Å². The van der Waals surface area contributed by atoms with Gasteiger partial charge in [0, 0.05) is 0 Å². The second-order valence-electron chi connectivity index (χ2n) is 3.99. The van der Waals surface area contributed by atoms with Gasteiger partial charge in [0.1, 0.15) is 0 Å². The van der Waals surface area contributed by atoms with Gasteiger partial charge in [0.05, 0.1) is 26.1 Å². The third kappa shape index (κ3) is 5.12. The summed E-state index contributed by atoms with van der Waals surface area (Å²) in [6.07, 6.45) is 8.74. The summed E-state index contributed by atoms with van der Waals surface area (Å²) in [5.41, 5.74) is 0.188. The molecular weight excluding hydrogens is 232 g/mol. The SMILES string of the molecule is CCCCCCCOc1cnc(C(=O)OC)cn1. The van der Waals surface area contributed by atoms with E-state index in [0.29, 0.717) is 12.5 Å². The molecule has 0 amide bonds. The summed E-state index contributed by atoms with van der Waals surface area (Å²) in [6.45, 7) is 2.82. The van der Waals surface area contributed by atoms with Crippen LogP contribution in [0.1, 0.15) is 49.5 Å². The van der Waals surface area contributed by atoms with E-state index >= 15 is 0 Å². The van der Waals surface area contributed by atoms with Gasteiger partial charge in [0.25, 0.3) is 0 Å². The molecule has 0 radical (unpaired) electrons. The Morgan fingerprint density at radius 1 is 1.17 bits per heavy atom. The zero-order valence-electron chi connectivity index (χ0n) is 11.0. The molecule has 0 aromatic carbocycles. The van der Waals surface area contributed by atoms with Crippen LogP contribution in [-0.2, 0) is 4.74 Å². The number of nitrogens with zero attached hydrogens (tertiary/aromatic N) is 2. The van der Waals surface area contributed by atoms with Crippen LogP contribution in [0.2, 0.25) is 0 Å². The van der Waals surface area contributed by atoms with Crippen LogP contribution in [0.5, 0.6) is 5.88 Å². The molecule has 0 saturated heterocycles. The number of hydrogen-bond donors (Lipinski definition) is 0. The first-order valence-corrected chi connectivity index (χ1v) is 6.31. The molecule has 5 nitrogen and oxygen atoms in total. The van der Waals surface area contributed by atoms with Crippen molar-refractivity contribution in [3.63, 3.8) is 0 Å². The van der Waals surface area contributed by atoms with Crippen molar-refractivity contribution >= 4 is 5.97 Å². The maximum Gasteiger partial charge on any atom is 0.358 e. The Morgan fingerprint density at radius 2 is 1.94 bits per heavy atom. The second kappa shape index (κ2) is 8.44. The Labute approximate surface area is 108 Å². The number of unbranched alkanes of at least 4 members (excludes halogenated alkanes) is 4. The Hall–Kier alpha value is -1.65. The van der Waals surface area contributed by atoms with Crippen molar-refractivity contribution in [1.82, 2.24) is 9.97 Å². The molecule has 0 aliphatic carbocycles. The first-order chi connectivity index (χ1) is 8.77. The van der Waals surface area contributed by atoms with E-state index in [9.17, 15) is 4.79 Å². The maximum absolute atomic E-state index is 11.1. The number of aromatic nitrogens is 2. The number of hydrogen-bond acceptors (Lipinski definition) is 5. The molecule has 0 aliphatic heterocycles. The fourth-order valence-electron chi connectivity index (χ4n) is 1.48. The molecule has 0 N–H and O–H groups in total. The van der Waals surface area contributed by atoms with Crippen molar-refractivity contribution in [1.29, 1.82) is 0 Å². The van der Waals surface area contributed by atoms with E-state index < -0.39 is 5.97 Å². The number of esters is 1. The Kier molecular flexibility index (Phi) is 6.76. The van der Waals surface area contributed by atoms with Gasteiger partial charge in [0.15, 0.2) is 5.69 Å². The molecule has 0 unspecified atom stereocenters. The zero-order valence-corrected chi connectivity index (χ0v) is 11.0. The van der Waals surface area contributed by atoms with Crippen molar-refractivity contribution in [2.24, 2.45) is 0 Å². The molecule has 0 spiro atoms. The molecule has 1 aromatic rings. The van der Waals surface area contributed by atoms with Gasteiger partial charge >= 0.3 is 5.97 Å². The van der Waals surface area contributed by atoms with Crippen LogP contribution in [0.4, 0.5) is 0 Å². The number of ether oxygens (including phenoxy) is 2. The lowest BCUT2D eigenvalue weighted by Gasteiger charge is -2.05. The van der Waals surface area contributed by atoms with Gasteiger partial charge in [-0.1, -0.05) is 32.6 Å². The number of methoxy groups -OCH3 is 1. The van der Waals surface area contributed by atoms with Crippen LogP contribution in [0.25, 0.3) is 0 Å². The van der Waals surface area contributed by atoms with Crippen LogP contribution in [0, 0.1) is 0 Å². The van der Waals surface area contributed by atoms with E-state index in [-0.39, 0.29) is 5.69 Å². The van der Waals surface area contributed by atoms with Gasteiger partial charge in [-0.3, -0.25) is 0 Å². The molecule has 0 bridgehead atoms. The van der Waals surface area contributed by atoms with Gasteiger partial charge in [0.2, 0.25) is 5.88 Å². The first kappa shape index (κ1) is 14.4. The minimum Gasteiger partial charge on any atom is -0.477 e. The maximum atomic E-state index is 11.1. The van der Waals surface area contributed by atoms with E-state index in [4.69, 9.17) is 4.74 Å². The normalized spacial score (nSPS) is 10.1. The van der Waals surface area contributed by atoms with Gasteiger partial charge in [-0.05, 0) is 6.42 Å². The molecule has 1 aromatic heterocycles. The molecule has 0 fully saturated rings. The standard InChI is InChI=1S/C13H20N2O3/c1-3-4-5-6-7-8-18-12-10-14-11(9-15-12)13(16)17-2/h9-10H,3-8H2,1-2H3. The van der Waals surface area contributed by atoms with Crippen molar-refractivity contribution in [3.8, 4) is 5.88 Å². The second-order valence-corrected chi connectivity index (χ2v) is 3.99. The molecule has 18 heavy (non-hydrogen) atoms. The Morgan fingerprint density at radius 3 is 2.56 bits per heavy atom. The van der Waals surface area contributed by atoms with E-state index in [2.05, 4.69) is 21.6 Å². The van der Waals surface area contributed by atoms with E-state index in [0.717, 1.165) is 6.42 Å². The summed E-state index contributed by atoms with van der Waals surface area (Å²) in [4.78, 5) is 19.0. The zero-order chi connectivity index (χ0) is 13.2. The molecule has 1 rings (SSSR count). The molecular formula is C13H20N2O3. The van der Waals surface area contributed by atoms with Gasteiger partial charge < -0.3 is 9.47 Å². The Bertz CT molecular complexity index is 352. The minimum atomic E-state index is -0.492. The number of carbonyl (C=O) groups excluding carboxylic acids is 1. The predicted octanol–water partition coefficient (Wildman–Crippen LogP) is 2.61. The van der Waals surface area contributed by atoms with E-state index in [1.54, 1.807) is 0 Å². The van der Waals surface area contributed by atoms with Crippen LogP contribution in [0.3, 0.4) is 0 Å². The third-order valence-electron chi connectivity index (χ3n) is 2.52. The topological polar surface area (TPSA) is 61.3 Å². The molecule has 1 heterocycles. The fourth-order valence-corrected chi connectivity index (χ4v) is 1.48. The smallest absolute Gasteiger partial charge is 0.358 e. The third-order valence-corrected chi connectivity index (χ3v) is 2.52. The van der Waals surface area contributed by atoms with E-state index in [1.165, 1.54) is 45.2 Å². The van der Waals surface area contributed by atoms with Crippen molar-refractivity contribution in [2.45, 2.75) is 39.0 Å². The molecule has 0 aliphatic rings.